The number of hydrogen-bond donors (Lipinski definition) is 2. The van der Waals surface area contributed by atoms with Crippen molar-refractivity contribution in [3.05, 3.63) is 52.1 Å². The monoisotopic (exact) mass is 337 g/mol. The fourth-order valence-electron chi connectivity index (χ4n) is 4.70. The van der Waals surface area contributed by atoms with Crippen LogP contribution in [-0.2, 0) is 12.8 Å². The predicted molar refractivity (Wildman–Crippen MR) is 96.6 cm³/mol. The number of nitrogen functional groups attached to an aromatic ring is 1. The van der Waals surface area contributed by atoms with Crippen molar-refractivity contribution in [2.24, 2.45) is 17.6 Å². The van der Waals surface area contributed by atoms with Gasteiger partial charge in [0, 0.05) is 31.4 Å². The van der Waals surface area contributed by atoms with E-state index in [4.69, 9.17) is 11.5 Å². The Hall–Kier alpha value is -2.18. The van der Waals surface area contributed by atoms with Crippen molar-refractivity contribution in [3.8, 4) is 5.69 Å². The highest BCUT2D eigenvalue weighted by atomic mass is 16.1. The van der Waals surface area contributed by atoms with Crippen LogP contribution < -0.4 is 17.2 Å². The van der Waals surface area contributed by atoms with Gasteiger partial charge in [0.2, 0.25) is 0 Å². The van der Waals surface area contributed by atoms with Gasteiger partial charge in [0.15, 0.2) is 0 Å². The topological polar surface area (TPSA) is 90.2 Å². The highest BCUT2D eigenvalue weighted by molar-refractivity contribution is 5.43. The zero-order valence-electron chi connectivity index (χ0n) is 14.1. The SMILES string of the molecule is Nc1ccn(-c2ccc3c(c2)CCC(N2C[C@@H]4[C@@H](N)[C@@H]4C2)C3)c(=O)n1. The minimum absolute atomic E-state index is 0.255. The summed E-state index contributed by atoms with van der Waals surface area (Å²) in [6.07, 6.45) is 5.03. The first-order valence-corrected chi connectivity index (χ1v) is 9.07. The quantitative estimate of drug-likeness (QED) is 0.836. The number of anilines is 1. The Morgan fingerprint density at radius 2 is 1.92 bits per heavy atom. The number of piperidine rings is 1. The summed E-state index contributed by atoms with van der Waals surface area (Å²) < 4.78 is 1.55. The molecule has 1 unspecified atom stereocenters. The zero-order valence-corrected chi connectivity index (χ0v) is 14.1. The van der Waals surface area contributed by atoms with Crippen LogP contribution in [0.5, 0.6) is 0 Å². The van der Waals surface area contributed by atoms with Crippen LogP contribution in [0.1, 0.15) is 17.5 Å². The Morgan fingerprint density at radius 1 is 1.12 bits per heavy atom. The molecule has 0 amide bonds. The molecular formula is C19H23N5O. The second kappa shape index (κ2) is 5.41. The number of likely N-dealkylation sites (tertiary alicyclic amines) is 1. The number of aryl methyl sites for hydroxylation is 1. The Labute approximate surface area is 146 Å². The van der Waals surface area contributed by atoms with E-state index in [1.807, 2.05) is 6.07 Å². The van der Waals surface area contributed by atoms with E-state index in [0.717, 1.165) is 30.4 Å². The van der Waals surface area contributed by atoms with Crippen molar-refractivity contribution < 1.29 is 0 Å². The Bertz CT molecular complexity index is 880. The lowest BCUT2D eigenvalue weighted by Gasteiger charge is -2.34. The molecule has 1 aliphatic heterocycles. The summed E-state index contributed by atoms with van der Waals surface area (Å²) in [5, 5.41) is 0. The van der Waals surface area contributed by atoms with Gasteiger partial charge >= 0.3 is 5.69 Å². The number of aromatic nitrogens is 2. The average molecular weight is 337 g/mol. The second-order valence-corrected chi connectivity index (χ2v) is 7.71. The molecule has 6 heteroatoms. The van der Waals surface area contributed by atoms with Crippen molar-refractivity contribution in [2.75, 3.05) is 18.8 Å². The summed E-state index contributed by atoms with van der Waals surface area (Å²) >= 11 is 0. The van der Waals surface area contributed by atoms with Gasteiger partial charge in [0.1, 0.15) is 5.82 Å². The molecule has 3 aliphatic rings. The van der Waals surface area contributed by atoms with Crippen LogP contribution in [-0.4, -0.2) is 39.6 Å². The normalized spacial score (nSPS) is 30.8. The molecule has 1 aromatic carbocycles. The van der Waals surface area contributed by atoms with Gasteiger partial charge in [-0.1, -0.05) is 6.07 Å². The van der Waals surface area contributed by atoms with Gasteiger partial charge in [-0.05, 0) is 60.4 Å². The van der Waals surface area contributed by atoms with Crippen molar-refractivity contribution in [2.45, 2.75) is 31.3 Å². The van der Waals surface area contributed by atoms with E-state index in [-0.39, 0.29) is 11.5 Å². The average Bonchev–Trinajstić information content (AvgIpc) is 3.03. The molecule has 2 heterocycles. The van der Waals surface area contributed by atoms with Crippen LogP contribution >= 0.6 is 0 Å². The third kappa shape index (κ3) is 2.48. The first-order chi connectivity index (χ1) is 12.1. The molecule has 0 radical (unpaired) electrons. The van der Waals surface area contributed by atoms with Crippen LogP contribution in [0.15, 0.2) is 35.3 Å². The van der Waals surface area contributed by atoms with Crippen molar-refractivity contribution in [1.29, 1.82) is 0 Å². The van der Waals surface area contributed by atoms with Gasteiger partial charge in [-0.2, -0.15) is 4.98 Å². The van der Waals surface area contributed by atoms with Crippen LogP contribution in [0, 0.1) is 11.8 Å². The van der Waals surface area contributed by atoms with Gasteiger partial charge in [0.05, 0.1) is 5.69 Å². The standard InChI is InChI=1S/C19H23N5O/c20-17-5-6-24(19(25)22-17)14-4-2-11-7-13(3-1-12(11)8-14)23-9-15-16(10-23)18(15)21/h2,4-6,8,13,15-16,18H,1,3,7,9-10,21H2,(H2,20,22,25)/t13?,15-,16+,18+. The van der Waals surface area contributed by atoms with E-state index in [9.17, 15) is 4.79 Å². The molecule has 25 heavy (non-hydrogen) atoms. The maximum absolute atomic E-state index is 12.1. The molecule has 0 bridgehead atoms. The molecule has 6 nitrogen and oxygen atoms in total. The smallest absolute Gasteiger partial charge is 0.354 e. The number of nitrogens with zero attached hydrogens (tertiary/aromatic N) is 3. The first kappa shape index (κ1) is 15.1. The fourth-order valence-corrected chi connectivity index (χ4v) is 4.70. The van der Waals surface area contributed by atoms with E-state index in [2.05, 4.69) is 22.0 Å². The largest absolute Gasteiger partial charge is 0.383 e. The lowest BCUT2D eigenvalue weighted by Crippen LogP contribution is -2.40. The zero-order chi connectivity index (χ0) is 17.1. The summed E-state index contributed by atoms with van der Waals surface area (Å²) in [6, 6.07) is 9.06. The minimum atomic E-state index is -0.332. The number of nitrogens with two attached hydrogens (primary N) is 2. The summed E-state index contributed by atoms with van der Waals surface area (Å²) in [7, 11) is 0. The van der Waals surface area contributed by atoms with Crippen molar-refractivity contribution >= 4 is 5.82 Å². The molecule has 0 spiro atoms. The van der Waals surface area contributed by atoms with E-state index in [0.29, 0.717) is 12.1 Å². The molecule has 1 saturated heterocycles. The van der Waals surface area contributed by atoms with Gasteiger partial charge in [-0.15, -0.1) is 0 Å². The molecular weight excluding hydrogens is 314 g/mol. The molecule has 2 aromatic rings. The second-order valence-electron chi connectivity index (χ2n) is 7.71. The van der Waals surface area contributed by atoms with E-state index < -0.39 is 0 Å². The lowest BCUT2D eigenvalue weighted by atomic mass is 9.87. The predicted octanol–water partition coefficient (Wildman–Crippen LogP) is 0.561. The lowest BCUT2D eigenvalue weighted by molar-refractivity contribution is 0.197. The first-order valence-electron chi connectivity index (χ1n) is 9.07. The van der Waals surface area contributed by atoms with Gasteiger partial charge in [-0.25, -0.2) is 4.79 Å². The van der Waals surface area contributed by atoms with Crippen molar-refractivity contribution in [3.63, 3.8) is 0 Å². The van der Waals surface area contributed by atoms with Crippen molar-refractivity contribution in [1.82, 2.24) is 14.5 Å². The molecule has 130 valence electrons. The van der Waals surface area contributed by atoms with Crippen LogP contribution in [0.25, 0.3) is 5.69 Å². The molecule has 2 aliphatic carbocycles. The Balaban J connectivity index is 1.37. The van der Waals surface area contributed by atoms with E-state index >= 15 is 0 Å². The fraction of sp³-hybridized carbons (Fsp3) is 0.474. The maximum Gasteiger partial charge on any atom is 0.354 e. The highest BCUT2D eigenvalue weighted by Crippen LogP contribution is 2.45. The highest BCUT2D eigenvalue weighted by Gasteiger charge is 2.54. The molecule has 1 aromatic heterocycles. The summed E-state index contributed by atoms with van der Waals surface area (Å²) in [5.74, 6) is 1.74. The number of benzene rings is 1. The summed E-state index contributed by atoms with van der Waals surface area (Å²) in [6.45, 7) is 2.35. The number of rotatable bonds is 2. The van der Waals surface area contributed by atoms with E-state index in [1.54, 1.807) is 16.8 Å². The van der Waals surface area contributed by atoms with Crippen LogP contribution in [0.4, 0.5) is 5.82 Å². The molecule has 5 rings (SSSR count). The van der Waals surface area contributed by atoms with Crippen LogP contribution in [0.2, 0.25) is 0 Å². The van der Waals surface area contributed by atoms with E-state index in [1.165, 1.54) is 30.6 Å². The Morgan fingerprint density at radius 3 is 2.68 bits per heavy atom. The third-order valence-corrected chi connectivity index (χ3v) is 6.30. The van der Waals surface area contributed by atoms with Gasteiger partial charge < -0.3 is 11.5 Å². The molecule has 1 saturated carbocycles. The minimum Gasteiger partial charge on any atom is -0.383 e. The molecule has 4 atom stereocenters. The maximum atomic E-state index is 12.1. The van der Waals surface area contributed by atoms with Gasteiger partial charge in [0.25, 0.3) is 0 Å². The Kier molecular flexibility index (Phi) is 3.27. The third-order valence-electron chi connectivity index (χ3n) is 6.30. The molecule has 4 N–H and O–H groups in total. The number of fused-ring (bicyclic) bond motifs is 2. The summed E-state index contributed by atoms with van der Waals surface area (Å²) in [5.41, 5.74) is 14.9. The number of hydrogen-bond acceptors (Lipinski definition) is 5. The van der Waals surface area contributed by atoms with Crippen LogP contribution in [0.3, 0.4) is 0 Å². The summed E-state index contributed by atoms with van der Waals surface area (Å²) in [4.78, 5) is 18.5. The molecule has 2 fully saturated rings. The van der Waals surface area contributed by atoms with Gasteiger partial charge in [-0.3, -0.25) is 9.47 Å².